The number of carbonyl (C=O) groups is 1. The molecule has 0 radical (unpaired) electrons. The fourth-order valence-corrected chi connectivity index (χ4v) is 2.51. The topological polar surface area (TPSA) is 50.7 Å². The highest BCUT2D eigenvalue weighted by Gasteiger charge is 2.04. The van der Waals surface area contributed by atoms with Crippen LogP contribution in [0.25, 0.3) is 0 Å². The summed E-state index contributed by atoms with van der Waals surface area (Å²) in [6.07, 6.45) is 4.94. The molecule has 0 spiro atoms. The molecule has 2 aromatic rings. The lowest BCUT2D eigenvalue weighted by Gasteiger charge is -2.08. The minimum Gasteiger partial charge on any atom is -0.493 e. The summed E-state index contributed by atoms with van der Waals surface area (Å²) in [6.45, 7) is 2.84. The maximum Gasteiger partial charge on any atom is 0.271 e. The number of para-hydroxylation sites is 1. The third-order valence-electron chi connectivity index (χ3n) is 3.38. The average Bonchev–Trinajstić information content (AvgIpc) is 2.60. The molecule has 2 rings (SSSR count). The van der Waals surface area contributed by atoms with Crippen LogP contribution in [0, 0.1) is 0 Å². The Morgan fingerprint density at radius 2 is 2.04 bits per heavy atom. The molecule has 0 fully saturated rings. The molecule has 0 saturated carbocycles. The largest absolute Gasteiger partial charge is 0.493 e. The molecule has 0 aromatic heterocycles. The number of hydrazone groups is 1. The van der Waals surface area contributed by atoms with Gasteiger partial charge in [0.2, 0.25) is 0 Å². The zero-order valence-corrected chi connectivity index (χ0v) is 15.3. The number of rotatable bonds is 8. The van der Waals surface area contributed by atoms with E-state index >= 15 is 0 Å². The van der Waals surface area contributed by atoms with Crippen molar-refractivity contribution in [3.63, 3.8) is 0 Å². The van der Waals surface area contributed by atoms with Crippen molar-refractivity contribution in [1.29, 1.82) is 0 Å². The van der Waals surface area contributed by atoms with Crippen LogP contribution in [0.4, 0.5) is 0 Å². The number of benzene rings is 2. The highest BCUT2D eigenvalue weighted by molar-refractivity contribution is 9.10. The number of ether oxygens (including phenoxy) is 1. The summed E-state index contributed by atoms with van der Waals surface area (Å²) in [6, 6.07) is 14.8. The molecule has 0 aliphatic heterocycles. The van der Waals surface area contributed by atoms with E-state index in [4.69, 9.17) is 4.74 Å². The second-order valence-electron chi connectivity index (χ2n) is 5.30. The van der Waals surface area contributed by atoms with Gasteiger partial charge in [0, 0.05) is 15.6 Å². The van der Waals surface area contributed by atoms with Gasteiger partial charge in [-0.15, -0.1) is 0 Å². The van der Waals surface area contributed by atoms with Gasteiger partial charge >= 0.3 is 0 Å². The minimum absolute atomic E-state index is 0.256. The molecule has 0 aliphatic carbocycles. The minimum atomic E-state index is -0.256. The lowest BCUT2D eigenvalue weighted by atomic mass is 10.2. The van der Waals surface area contributed by atoms with Crippen LogP contribution in [0.2, 0.25) is 0 Å². The van der Waals surface area contributed by atoms with Crippen molar-refractivity contribution in [3.8, 4) is 5.75 Å². The average molecular weight is 389 g/mol. The molecule has 0 bridgehead atoms. The van der Waals surface area contributed by atoms with Gasteiger partial charge in [-0.2, -0.15) is 5.10 Å². The molecule has 0 unspecified atom stereocenters. The van der Waals surface area contributed by atoms with Crippen LogP contribution in [-0.2, 0) is 0 Å². The predicted octanol–water partition coefficient (Wildman–Crippen LogP) is 4.78. The van der Waals surface area contributed by atoms with Crippen molar-refractivity contribution in [1.82, 2.24) is 5.43 Å². The van der Waals surface area contributed by atoms with Crippen molar-refractivity contribution in [2.45, 2.75) is 26.2 Å². The van der Waals surface area contributed by atoms with Gasteiger partial charge < -0.3 is 4.74 Å². The van der Waals surface area contributed by atoms with Crippen LogP contribution in [0.1, 0.15) is 42.1 Å². The van der Waals surface area contributed by atoms with Crippen molar-refractivity contribution in [2.75, 3.05) is 6.61 Å². The van der Waals surface area contributed by atoms with Crippen LogP contribution >= 0.6 is 15.9 Å². The number of unbranched alkanes of at least 4 members (excludes halogenated alkanes) is 2. The van der Waals surface area contributed by atoms with E-state index in [0.717, 1.165) is 35.0 Å². The summed E-state index contributed by atoms with van der Waals surface area (Å²) in [4.78, 5) is 12.0. The standard InChI is InChI=1S/C19H21BrN2O2/c1-2-3-6-12-24-18-11-5-4-8-16(18)14-21-22-19(23)15-9-7-10-17(20)13-15/h4-5,7-11,13-14H,2-3,6,12H2,1H3,(H,22,23)/b21-14+. The van der Waals surface area contributed by atoms with E-state index in [1.54, 1.807) is 18.3 Å². The molecular weight excluding hydrogens is 368 g/mol. The maximum atomic E-state index is 12.0. The molecule has 1 N–H and O–H groups in total. The first-order valence-corrected chi connectivity index (χ1v) is 8.81. The molecule has 24 heavy (non-hydrogen) atoms. The zero-order chi connectivity index (χ0) is 17.2. The van der Waals surface area contributed by atoms with E-state index < -0.39 is 0 Å². The molecule has 0 heterocycles. The van der Waals surface area contributed by atoms with E-state index in [1.165, 1.54) is 0 Å². The Bertz CT molecular complexity index is 701. The zero-order valence-electron chi connectivity index (χ0n) is 13.7. The maximum absolute atomic E-state index is 12.0. The monoisotopic (exact) mass is 388 g/mol. The van der Waals surface area contributed by atoms with E-state index in [-0.39, 0.29) is 5.91 Å². The van der Waals surface area contributed by atoms with Gasteiger partial charge in [0.1, 0.15) is 5.75 Å². The van der Waals surface area contributed by atoms with Crippen LogP contribution in [0.15, 0.2) is 58.1 Å². The Hall–Kier alpha value is -2.14. The molecule has 0 atom stereocenters. The van der Waals surface area contributed by atoms with Crippen molar-refractivity contribution >= 4 is 28.1 Å². The molecule has 2 aromatic carbocycles. The van der Waals surface area contributed by atoms with Crippen LogP contribution in [0.5, 0.6) is 5.75 Å². The highest BCUT2D eigenvalue weighted by atomic mass is 79.9. The van der Waals surface area contributed by atoms with Gasteiger partial charge in [-0.1, -0.05) is 53.9 Å². The van der Waals surface area contributed by atoms with Crippen LogP contribution in [0.3, 0.4) is 0 Å². The smallest absolute Gasteiger partial charge is 0.271 e. The first kappa shape index (κ1) is 18.2. The first-order chi connectivity index (χ1) is 11.7. The van der Waals surface area contributed by atoms with Gasteiger partial charge in [0.05, 0.1) is 12.8 Å². The number of hydrogen-bond acceptors (Lipinski definition) is 3. The molecule has 5 heteroatoms. The summed E-state index contributed by atoms with van der Waals surface area (Å²) < 4.78 is 6.64. The molecule has 126 valence electrons. The van der Waals surface area contributed by atoms with E-state index in [9.17, 15) is 4.79 Å². The van der Waals surface area contributed by atoms with E-state index in [0.29, 0.717) is 12.2 Å². The Kier molecular flexibility index (Phi) is 7.49. The first-order valence-electron chi connectivity index (χ1n) is 8.01. The number of nitrogens with zero attached hydrogens (tertiary/aromatic N) is 1. The fourth-order valence-electron chi connectivity index (χ4n) is 2.11. The normalized spacial score (nSPS) is 10.8. The second kappa shape index (κ2) is 9.88. The molecule has 0 aliphatic rings. The Morgan fingerprint density at radius 3 is 2.83 bits per heavy atom. The molecule has 0 saturated heterocycles. The van der Waals surface area contributed by atoms with E-state index in [2.05, 4.69) is 33.4 Å². The van der Waals surface area contributed by atoms with Gasteiger partial charge in [0.15, 0.2) is 0 Å². The molecule has 4 nitrogen and oxygen atoms in total. The number of carbonyl (C=O) groups excluding carboxylic acids is 1. The van der Waals surface area contributed by atoms with Crippen molar-refractivity contribution in [3.05, 3.63) is 64.1 Å². The van der Waals surface area contributed by atoms with Gasteiger partial charge in [-0.3, -0.25) is 4.79 Å². The summed E-state index contributed by atoms with van der Waals surface area (Å²) >= 11 is 3.34. The SMILES string of the molecule is CCCCCOc1ccccc1/C=N/NC(=O)c1cccc(Br)c1. The fraction of sp³-hybridized carbons (Fsp3) is 0.263. The highest BCUT2D eigenvalue weighted by Crippen LogP contribution is 2.16. The molecule has 1 amide bonds. The lowest BCUT2D eigenvalue weighted by Crippen LogP contribution is -2.17. The Morgan fingerprint density at radius 1 is 1.21 bits per heavy atom. The lowest BCUT2D eigenvalue weighted by molar-refractivity contribution is 0.0955. The predicted molar refractivity (Wildman–Crippen MR) is 101 cm³/mol. The quantitative estimate of drug-likeness (QED) is 0.401. The van der Waals surface area contributed by atoms with Crippen molar-refractivity contribution < 1.29 is 9.53 Å². The summed E-state index contributed by atoms with van der Waals surface area (Å²) in [5, 5.41) is 4.03. The van der Waals surface area contributed by atoms with Gasteiger partial charge in [-0.25, -0.2) is 5.43 Å². The summed E-state index contributed by atoms with van der Waals surface area (Å²) in [5.74, 6) is 0.517. The number of halogens is 1. The second-order valence-corrected chi connectivity index (χ2v) is 6.22. The van der Waals surface area contributed by atoms with E-state index in [1.807, 2.05) is 36.4 Å². The summed E-state index contributed by atoms with van der Waals surface area (Å²) in [5.41, 5.74) is 3.92. The number of nitrogens with one attached hydrogen (secondary N) is 1. The van der Waals surface area contributed by atoms with Crippen molar-refractivity contribution in [2.24, 2.45) is 5.10 Å². The number of hydrogen-bond donors (Lipinski definition) is 1. The summed E-state index contributed by atoms with van der Waals surface area (Å²) in [7, 11) is 0. The van der Waals surface area contributed by atoms with Gasteiger partial charge in [-0.05, 0) is 36.8 Å². The number of amides is 1. The Labute approximate surface area is 151 Å². The van der Waals surface area contributed by atoms with Gasteiger partial charge in [0.25, 0.3) is 5.91 Å². The Balaban J connectivity index is 1.95. The van der Waals surface area contributed by atoms with Crippen LogP contribution in [-0.4, -0.2) is 18.7 Å². The van der Waals surface area contributed by atoms with Crippen LogP contribution < -0.4 is 10.2 Å². The molecular formula is C19H21BrN2O2. The third-order valence-corrected chi connectivity index (χ3v) is 3.87. The third kappa shape index (κ3) is 5.81.